The summed E-state index contributed by atoms with van der Waals surface area (Å²) < 4.78 is 0. The van der Waals surface area contributed by atoms with Gasteiger partial charge in [-0.05, 0) is 69.1 Å². The van der Waals surface area contributed by atoms with Gasteiger partial charge in [0.15, 0.2) is 0 Å². The second-order valence-corrected chi connectivity index (χ2v) is 5.56. The summed E-state index contributed by atoms with van der Waals surface area (Å²) in [5, 5.41) is 0. The molecule has 0 amide bonds. The summed E-state index contributed by atoms with van der Waals surface area (Å²) in [4.78, 5) is 0. The van der Waals surface area contributed by atoms with Gasteiger partial charge in [0, 0.05) is 0 Å². The lowest BCUT2D eigenvalue weighted by molar-refractivity contribution is 0.747. The van der Waals surface area contributed by atoms with Crippen LogP contribution in [0.2, 0.25) is 0 Å². The molecule has 1 aromatic rings. The van der Waals surface area contributed by atoms with Crippen molar-refractivity contribution in [3.05, 3.63) is 78.4 Å². The molecule has 0 aliphatic heterocycles. The minimum Gasteiger partial charge on any atom is -0.124 e. The Morgan fingerprint density at radius 1 is 1.08 bits per heavy atom. The van der Waals surface area contributed by atoms with E-state index < -0.39 is 0 Å². The molecule has 0 heteroatoms. The molecule has 26 heavy (non-hydrogen) atoms. The second-order valence-electron chi connectivity index (χ2n) is 5.56. The smallest absolute Gasteiger partial charge is 0.0185 e. The number of hydrogen-bond donors (Lipinski definition) is 0. The van der Waals surface area contributed by atoms with Gasteiger partial charge in [0.25, 0.3) is 0 Å². The molecule has 0 radical (unpaired) electrons. The van der Waals surface area contributed by atoms with Gasteiger partial charge in [-0.1, -0.05) is 74.6 Å². The normalized spacial score (nSPS) is 11.7. The monoisotopic (exact) mass is 350 g/mol. The molecule has 0 saturated heterocycles. The maximum atomic E-state index is 4.00. The maximum absolute atomic E-state index is 4.00. The molecule has 0 nitrogen and oxygen atoms in total. The van der Waals surface area contributed by atoms with Crippen molar-refractivity contribution in [1.29, 1.82) is 0 Å². The lowest BCUT2D eigenvalue weighted by Crippen LogP contribution is -1.90. The molecule has 0 fully saturated rings. The predicted octanol–water partition coefficient (Wildman–Crippen LogP) is 8.18. The van der Waals surface area contributed by atoms with Gasteiger partial charge in [-0.25, -0.2) is 0 Å². The third-order valence-corrected chi connectivity index (χ3v) is 3.58. The Kier molecular flexibility index (Phi) is 20.8. The van der Waals surface area contributed by atoms with Crippen molar-refractivity contribution >= 4 is 5.57 Å². The van der Waals surface area contributed by atoms with Crippen LogP contribution in [0, 0.1) is 12.8 Å². The van der Waals surface area contributed by atoms with Crippen LogP contribution >= 0.6 is 0 Å². The van der Waals surface area contributed by atoms with Crippen LogP contribution in [0.3, 0.4) is 0 Å². The third-order valence-electron chi connectivity index (χ3n) is 3.58. The van der Waals surface area contributed by atoms with E-state index in [4.69, 9.17) is 0 Å². The summed E-state index contributed by atoms with van der Waals surface area (Å²) in [5.74, 6) is 0. The lowest BCUT2D eigenvalue weighted by Gasteiger charge is -2.09. The van der Waals surface area contributed by atoms with Crippen molar-refractivity contribution in [1.82, 2.24) is 0 Å². The molecule has 0 atom stereocenters. The summed E-state index contributed by atoms with van der Waals surface area (Å²) in [6.07, 6.45) is 28.4. The van der Waals surface area contributed by atoms with Crippen LogP contribution in [-0.2, 0) is 6.42 Å². The molecular weight excluding hydrogens is 312 g/mol. The second kappa shape index (κ2) is 20.8. The van der Waals surface area contributed by atoms with Gasteiger partial charge in [-0.3, -0.25) is 0 Å². The van der Waals surface area contributed by atoms with Crippen molar-refractivity contribution in [2.45, 2.75) is 66.2 Å². The maximum Gasteiger partial charge on any atom is -0.0185 e. The topological polar surface area (TPSA) is 0 Å². The Balaban J connectivity index is 0. The van der Waals surface area contributed by atoms with Gasteiger partial charge >= 0.3 is 0 Å². The summed E-state index contributed by atoms with van der Waals surface area (Å²) in [5.41, 5.74) is 4.24. The van der Waals surface area contributed by atoms with E-state index in [2.05, 4.69) is 81.0 Å². The number of unbranched alkanes of at least 4 members (excludes halogenated alkanes) is 2. The summed E-state index contributed by atoms with van der Waals surface area (Å²) >= 11 is 0. The minimum absolute atomic E-state index is 1.18. The first-order valence-corrected chi connectivity index (χ1v) is 9.79. The van der Waals surface area contributed by atoms with Crippen molar-refractivity contribution in [3.63, 3.8) is 0 Å². The van der Waals surface area contributed by atoms with E-state index >= 15 is 0 Å². The third kappa shape index (κ3) is 13.1. The highest BCUT2D eigenvalue weighted by molar-refractivity contribution is 5.75. The molecule has 0 unspecified atom stereocenters. The highest BCUT2D eigenvalue weighted by atomic mass is 14.1. The molecule has 0 spiro atoms. The first kappa shape index (κ1) is 26.0. The minimum atomic E-state index is 1.18. The van der Waals surface area contributed by atoms with Crippen LogP contribution in [0.1, 0.15) is 70.9 Å². The predicted molar refractivity (Wildman–Crippen MR) is 122 cm³/mol. The Morgan fingerprint density at radius 3 is 2.35 bits per heavy atom. The molecule has 0 aromatic heterocycles. The zero-order valence-corrected chi connectivity index (χ0v) is 17.4. The zero-order chi connectivity index (χ0) is 20.0. The first-order chi connectivity index (χ1) is 12.8. The van der Waals surface area contributed by atoms with Crippen LogP contribution in [-0.4, -0.2) is 0 Å². The molecule has 0 heterocycles. The average molecular weight is 351 g/mol. The number of allylic oxidation sites excluding steroid dienone is 7. The zero-order valence-electron chi connectivity index (χ0n) is 17.4. The standard InChI is InChI=1S/C19H24.C3H6.C2H6.C2H2/c1-2-3-4-5-7-11-17-12-10-15-19(16-17)18-13-8-6-9-14-18;1-3-2;2*1-2/h2-3,8,10,12-16H,4-7,9,11H2,1H3;3H,1H2,2H3;1-2H3;1-2H/b3-2+;;;. The Labute approximate surface area is 163 Å². The summed E-state index contributed by atoms with van der Waals surface area (Å²) in [6.45, 7) is 11.3. The van der Waals surface area contributed by atoms with Crippen LogP contribution in [0.5, 0.6) is 0 Å². The van der Waals surface area contributed by atoms with E-state index in [1.165, 1.54) is 55.2 Å². The van der Waals surface area contributed by atoms with Gasteiger partial charge in [-0.15, -0.1) is 19.4 Å². The largest absolute Gasteiger partial charge is 0.124 e. The van der Waals surface area contributed by atoms with Crippen molar-refractivity contribution in [2.24, 2.45) is 0 Å². The van der Waals surface area contributed by atoms with E-state index in [-0.39, 0.29) is 0 Å². The highest BCUT2D eigenvalue weighted by Gasteiger charge is 2.02. The molecule has 0 saturated carbocycles. The summed E-state index contributed by atoms with van der Waals surface area (Å²) in [6, 6.07) is 9.04. The number of aryl methyl sites for hydroxylation is 1. The fourth-order valence-electron chi connectivity index (χ4n) is 2.49. The Hall–Kier alpha value is -2.26. The fraction of sp³-hybridized carbons (Fsp3) is 0.385. The number of rotatable bonds is 6. The van der Waals surface area contributed by atoms with E-state index in [0.29, 0.717) is 0 Å². The molecule has 142 valence electrons. The Bertz CT molecular complexity index is 552. The SMILES string of the molecule is C#C.C/C=C/CCCCc1cccc(C2=CCCC=C2)c1.C=CC.CC. The first-order valence-electron chi connectivity index (χ1n) is 9.79. The van der Waals surface area contributed by atoms with Crippen molar-refractivity contribution < 1.29 is 0 Å². The van der Waals surface area contributed by atoms with Crippen LogP contribution in [0.15, 0.2) is 67.3 Å². The number of hydrogen-bond acceptors (Lipinski definition) is 0. The molecule has 1 aliphatic rings. The number of terminal acetylenes is 1. The van der Waals surface area contributed by atoms with Gasteiger partial charge < -0.3 is 0 Å². The van der Waals surface area contributed by atoms with Gasteiger partial charge in [0.1, 0.15) is 0 Å². The molecule has 0 N–H and O–H groups in total. The van der Waals surface area contributed by atoms with Gasteiger partial charge in [-0.2, -0.15) is 0 Å². The average Bonchev–Trinajstić information content (AvgIpc) is 2.72. The molecule has 2 rings (SSSR count). The molecule has 0 bridgehead atoms. The van der Waals surface area contributed by atoms with E-state index in [1.54, 1.807) is 6.08 Å². The van der Waals surface area contributed by atoms with Crippen LogP contribution in [0.25, 0.3) is 5.57 Å². The lowest BCUT2D eigenvalue weighted by atomic mass is 9.96. The van der Waals surface area contributed by atoms with Crippen molar-refractivity contribution in [2.75, 3.05) is 0 Å². The molecule has 1 aromatic carbocycles. The quantitative estimate of drug-likeness (QED) is 0.276. The van der Waals surface area contributed by atoms with Crippen LogP contribution in [0.4, 0.5) is 0 Å². The highest BCUT2D eigenvalue weighted by Crippen LogP contribution is 2.22. The van der Waals surface area contributed by atoms with Gasteiger partial charge in [0.2, 0.25) is 0 Å². The number of benzene rings is 1. The Morgan fingerprint density at radius 2 is 1.77 bits per heavy atom. The van der Waals surface area contributed by atoms with E-state index in [1.807, 2.05) is 20.8 Å². The van der Waals surface area contributed by atoms with E-state index in [0.717, 1.165) is 0 Å². The van der Waals surface area contributed by atoms with Crippen molar-refractivity contribution in [3.8, 4) is 12.8 Å². The summed E-state index contributed by atoms with van der Waals surface area (Å²) in [7, 11) is 0. The fourth-order valence-corrected chi connectivity index (χ4v) is 2.49. The molecular formula is C26H38. The van der Waals surface area contributed by atoms with E-state index in [9.17, 15) is 0 Å². The van der Waals surface area contributed by atoms with Crippen LogP contribution < -0.4 is 0 Å². The van der Waals surface area contributed by atoms with Gasteiger partial charge in [0.05, 0.1) is 0 Å². The molecule has 1 aliphatic carbocycles.